The van der Waals surface area contributed by atoms with Crippen LogP contribution in [0, 0.1) is 5.92 Å². The maximum atomic E-state index is 8.91. The first kappa shape index (κ1) is 9.01. The Morgan fingerprint density at radius 2 is 2.00 bits per heavy atom. The lowest BCUT2D eigenvalue weighted by atomic mass is 9.98. The molecule has 1 aliphatic heterocycles. The lowest BCUT2D eigenvalue weighted by molar-refractivity contribution is 0.0998. The fourth-order valence-electron chi connectivity index (χ4n) is 1.58. The van der Waals surface area contributed by atoms with Gasteiger partial charge in [0.1, 0.15) is 0 Å². The van der Waals surface area contributed by atoms with E-state index in [0.717, 1.165) is 5.92 Å². The minimum Gasteiger partial charge on any atom is -0.395 e. The minimum atomic E-state index is 0.300. The zero-order chi connectivity index (χ0) is 8.27. The first-order valence-corrected chi connectivity index (χ1v) is 4.59. The maximum absolute atomic E-state index is 8.91. The van der Waals surface area contributed by atoms with E-state index in [1.165, 1.54) is 25.9 Å². The van der Waals surface area contributed by atoms with Gasteiger partial charge in [-0.25, -0.2) is 0 Å². The monoisotopic (exact) mass is 157 g/mol. The van der Waals surface area contributed by atoms with Gasteiger partial charge < -0.3 is 5.11 Å². The van der Waals surface area contributed by atoms with Crippen LogP contribution in [0.5, 0.6) is 0 Å². The van der Waals surface area contributed by atoms with Crippen molar-refractivity contribution in [3.05, 3.63) is 0 Å². The van der Waals surface area contributed by atoms with Gasteiger partial charge in [0, 0.05) is 6.04 Å². The topological polar surface area (TPSA) is 23.5 Å². The molecule has 66 valence electrons. The second kappa shape index (κ2) is 4.07. The fourth-order valence-corrected chi connectivity index (χ4v) is 1.58. The molecule has 0 unspecified atom stereocenters. The summed E-state index contributed by atoms with van der Waals surface area (Å²) in [5.74, 6) is 0.886. The molecule has 1 N–H and O–H groups in total. The Labute approximate surface area is 69.2 Å². The lowest BCUT2D eigenvalue weighted by Crippen LogP contribution is -2.41. The molecule has 1 atom stereocenters. The summed E-state index contributed by atoms with van der Waals surface area (Å²) in [5, 5.41) is 8.91. The van der Waals surface area contributed by atoms with Crippen molar-refractivity contribution in [1.29, 1.82) is 0 Å². The molecule has 0 aromatic rings. The van der Waals surface area contributed by atoms with Crippen LogP contribution in [0.1, 0.15) is 26.7 Å². The molecule has 11 heavy (non-hydrogen) atoms. The van der Waals surface area contributed by atoms with E-state index in [0.29, 0.717) is 12.6 Å². The molecule has 1 fully saturated rings. The fraction of sp³-hybridized carbons (Fsp3) is 1.00. The van der Waals surface area contributed by atoms with Crippen LogP contribution in [0.15, 0.2) is 0 Å². The zero-order valence-corrected chi connectivity index (χ0v) is 7.58. The minimum absolute atomic E-state index is 0.300. The molecular formula is C9H19NO. The van der Waals surface area contributed by atoms with Gasteiger partial charge in [0.15, 0.2) is 0 Å². The number of rotatable bonds is 2. The van der Waals surface area contributed by atoms with Crippen molar-refractivity contribution >= 4 is 0 Å². The van der Waals surface area contributed by atoms with E-state index in [9.17, 15) is 0 Å². The summed E-state index contributed by atoms with van der Waals surface area (Å²) >= 11 is 0. The lowest BCUT2D eigenvalue weighted by Gasteiger charge is -2.33. The summed E-state index contributed by atoms with van der Waals surface area (Å²) in [6, 6.07) is 0.363. The van der Waals surface area contributed by atoms with Crippen molar-refractivity contribution in [3.63, 3.8) is 0 Å². The van der Waals surface area contributed by atoms with E-state index < -0.39 is 0 Å². The predicted octanol–water partition coefficient (Wildman–Crippen LogP) is 1.10. The third-order valence-electron chi connectivity index (χ3n) is 2.71. The number of likely N-dealkylation sites (tertiary alicyclic amines) is 1. The molecule has 0 spiro atoms. The number of aliphatic hydroxyl groups is 1. The number of nitrogens with zero attached hydrogens (tertiary/aromatic N) is 1. The van der Waals surface area contributed by atoms with Gasteiger partial charge in [-0.15, -0.1) is 0 Å². The average Bonchev–Trinajstić information content (AvgIpc) is 2.05. The first-order chi connectivity index (χ1) is 5.24. The van der Waals surface area contributed by atoms with E-state index in [1.807, 2.05) is 0 Å². The standard InChI is InChI=1S/C9H19NO/c1-8-3-5-10(6-4-8)9(2)7-11/h8-9,11H,3-7H2,1-2H3/t9-/m1/s1. The van der Waals surface area contributed by atoms with E-state index in [1.54, 1.807) is 0 Å². The van der Waals surface area contributed by atoms with Gasteiger partial charge >= 0.3 is 0 Å². The Kier molecular flexibility index (Phi) is 3.34. The highest BCUT2D eigenvalue weighted by molar-refractivity contribution is 4.73. The van der Waals surface area contributed by atoms with Crippen LogP contribution in [0.4, 0.5) is 0 Å². The molecule has 0 aromatic carbocycles. The summed E-state index contributed by atoms with van der Waals surface area (Å²) in [6.45, 7) is 7.04. The second-order valence-electron chi connectivity index (χ2n) is 3.75. The highest BCUT2D eigenvalue weighted by Gasteiger charge is 2.18. The van der Waals surface area contributed by atoms with Gasteiger partial charge in [0.05, 0.1) is 6.61 Å². The van der Waals surface area contributed by atoms with Crippen LogP contribution in [0.25, 0.3) is 0 Å². The number of hydrogen-bond acceptors (Lipinski definition) is 2. The van der Waals surface area contributed by atoms with E-state index in [-0.39, 0.29) is 0 Å². The Morgan fingerprint density at radius 1 is 1.45 bits per heavy atom. The Bertz CT molecular complexity index is 108. The van der Waals surface area contributed by atoms with Crippen molar-refractivity contribution in [2.75, 3.05) is 19.7 Å². The highest BCUT2D eigenvalue weighted by Crippen LogP contribution is 2.17. The number of aliphatic hydroxyl groups excluding tert-OH is 1. The van der Waals surface area contributed by atoms with Crippen molar-refractivity contribution in [2.45, 2.75) is 32.7 Å². The number of piperidine rings is 1. The summed E-state index contributed by atoms with van der Waals surface area (Å²) in [5.41, 5.74) is 0. The predicted molar refractivity (Wildman–Crippen MR) is 46.5 cm³/mol. The summed E-state index contributed by atoms with van der Waals surface area (Å²) in [4.78, 5) is 2.38. The largest absolute Gasteiger partial charge is 0.395 e. The Morgan fingerprint density at radius 3 is 2.45 bits per heavy atom. The molecule has 2 nitrogen and oxygen atoms in total. The molecular weight excluding hydrogens is 138 g/mol. The molecule has 0 aliphatic carbocycles. The molecule has 1 heterocycles. The Hall–Kier alpha value is -0.0800. The molecule has 0 amide bonds. The Balaban J connectivity index is 2.27. The van der Waals surface area contributed by atoms with E-state index in [2.05, 4.69) is 18.7 Å². The zero-order valence-electron chi connectivity index (χ0n) is 7.58. The van der Waals surface area contributed by atoms with Gasteiger partial charge in [-0.3, -0.25) is 4.90 Å². The van der Waals surface area contributed by atoms with Crippen LogP contribution < -0.4 is 0 Å². The number of hydrogen-bond donors (Lipinski definition) is 1. The SMILES string of the molecule is CC1CCN([C@H](C)CO)CC1. The van der Waals surface area contributed by atoms with Crippen molar-refractivity contribution < 1.29 is 5.11 Å². The highest BCUT2D eigenvalue weighted by atomic mass is 16.3. The van der Waals surface area contributed by atoms with Crippen LogP contribution in [0.3, 0.4) is 0 Å². The molecule has 2 heteroatoms. The molecule has 1 aliphatic rings. The first-order valence-electron chi connectivity index (χ1n) is 4.59. The molecule has 0 bridgehead atoms. The van der Waals surface area contributed by atoms with Crippen LogP contribution in [0.2, 0.25) is 0 Å². The van der Waals surface area contributed by atoms with Gasteiger partial charge in [-0.1, -0.05) is 6.92 Å². The average molecular weight is 157 g/mol. The van der Waals surface area contributed by atoms with Crippen LogP contribution in [-0.2, 0) is 0 Å². The molecule has 0 aromatic heterocycles. The van der Waals surface area contributed by atoms with Crippen molar-refractivity contribution in [2.24, 2.45) is 5.92 Å². The molecule has 1 saturated heterocycles. The van der Waals surface area contributed by atoms with Gasteiger partial charge in [-0.2, -0.15) is 0 Å². The second-order valence-corrected chi connectivity index (χ2v) is 3.75. The third kappa shape index (κ3) is 2.46. The summed E-state index contributed by atoms with van der Waals surface area (Å²) in [6.07, 6.45) is 2.59. The van der Waals surface area contributed by atoms with Crippen molar-refractivity contribution in [3.8, 4) is 0 Å². The van der Waals surface area contributed by atoms with Gasteiger partial charge in [0.2, 0.25) is 0 Å². The van der Waals surface area contributed by atoms with Crippen LogP contribution >= 0.6 is 0 Å². The van der Waals surface area contributed by atoms with Gasteiger partial charge in [0.25, 0.3) is 0 Å². The van der Waals surface area contributed by atoms with Crippen molar-refractivity contribution in [1.82, 2.24) is 4.90 Å². The molecule has 1 rings (SSSR count). The van der Waals surface area contributed by atoms with Crippen LogP contribution in [-0.4, -0.2) is 35.7 Å². The summed E-state index contributed by atoms with van der Waals surface area (Å²) < 4.78 is 0. The summed E-state index contributed by atoms with van der Waals surface area (Å²) in [7, 11) is 0. The molecule has 0 saturated carbocycles. The molecule has 0 radical (unpaired) electrons. The van der Waals surface area contributed by atoms with Gasteiger partial charge in [-0.05, 0) is 38.8 Å². The third-order valence-corrected chi connectivity index (χ3v) is 2.71. The smallest absolute Gasteiger partial charge is 0.0584 e. The maximum Gasteiger partial charge on any atom is 0.0584 e. The van der Waals surface area contributed by atoms with E-state index in [4.69, 9.17) is 5.11 Å². The van der Waals surface area contributed by atoms with E-state index >= 15 is 0 Å². The quantitative estimate of drug-likeness (QED) is 0.649. The normalized spacial score (nSPS) is 25.4.